The van der Waals surface area contributed by atoms with Crippen molar-refractivity contribution in [3.05, 3.63) is 21.3 Å². The molecule has 1 heterocycles. The maximum atomic E-state index is 5.96. The zero-order valence-corrected chi connectivity index (χ0v) is 13.4. The molecule has 1 nitrogen and oxygen atoms in total. The smallest absolute Gasteiger partial charge is 0.0931 e. The van der Waals surface area contributed by atoms with Crippen molar-refractivity contribution in [2.45, 2.75) is 44.4 Å². The third-order valence-electron chi connectivity index (χ3n) is 3.47. The average molecular weight is 292 g/mol. The van der Waals surface area contributed by atoms with Crippen LogP contribution in [0.25, 0.3) is 0 Å². The van der Waals surface area contributed by atoms with Crippen LogP contribution in [0, 0.1) is 0 Å². The van der Waals surface area contributed by atoms with Gasteiger partial charge in [0.2, 0.25) is 0 Å². The minimum Gasteiger partial charge on any atom is -0.308 e. The SMILES string of the molecule is CCC(CC)(CNC(C)c1ccc(Cl)s1)SC. The normalized spacial score (nSPS) is 13.9. The molecule has 0 saturated carbocycles. The van der Waals surface area contributed by atoms with Crippen LogP contribution in [-0.2, 0) is 0 Å². The summed E-state index contributed by atoms with van der Waals surface area (Å²) in [5.74, 6) is 0. The Kier molecular flexibility index (Phi) is 6.35. The molecular weight excluding hydrogens is 270 g/mol. The number of hydrogen-bond acceptors (Lipinski definition) is 3. The largest absolute Gasteiger partial charge is 0.308 e. The van der Waals surface area contributed by atoms with Crippen molar-refractivity contribution >= 4 is 34.7 Å². The molecule has 98 valence electrons. The number of nitrogens with one attached hydrogen (secondary N) is 1. The van der Waals surface area contributed by atoms with E-state index in [0.717, 1.165) is 10.9 Å². The first-order valence-corrected chi connectivity index (χ1v) is 8.52. The Morgan fingerprint density at radius 2 is 2.06 bits per heavy atom. The fourth-order valence-corrected chi connectivity index (χ4v) is 3.75. The van der Waals surface area contributed by atoms with Crippen molar-refractivity contribution in [3.63, 3.8) is 0 Å². The van der Waals surface area contributed by atoms with E-state index >= 15 is 0 Å². The van der Waals surface area contributed by atoms with Gasteiger partial charge in [0.25, 0.3) is 0 Å². The third-order valence-corrected chi connectivity index (χ3v) is 6.47. The highest BCUT2D eigenvalue weighted by Crippen LogP contribution is 2.31. The van der Waals surface area contributed by atoms with Crippen molar-refractivity contribution in [1.29, 1.82) is 0 Å². The van der Waals surface area contributed by atoms with Gasteiger partial charge in [-0.05, 0) is 38.2 Å². The van der Waals surface area contributed by atoms with Crippen LogP contribution in [-0.4, -0.2) is 17.5 Å². The Labute approximate surface area is 118 Å². The second-order valence-corrected chi connectivity index (χ2v) is 7.36. The summed E-state index contributed by atoms with van der Waals surface area (Å²) in [7, 11) is 0. The third kappa shape index (κ3) is 4.16. The van der Waals surface area contributed by atoms with Gasteiger partial charge >= 0.3 is 0 Å². The highest BCUT2D eigenvalue weighted by Gasteiger charge is 2.25. The van der Waals surface area contributed by atoms with Crippen LogP contribution in [0.2, 0.25) is 4.34 Å². The molecule has 0 amide bonds. The topological polar surface area (TPSA) is 12.0 Å². The Hall–Kier alpha value is 0.300. The number of hydrogen-bond donors (Lipinski definition) is 1. The zero-order chi connectivity index (χ0) is 12.9. The molecule has 0 saturated heterocycles. The number of thiophene rings is 1. The van der Waals surface area contributed by atoms with Crippen molar-refractivity contribution < 1.29 is 0 Å². The van der Waals surface area contributed by atoms with E-state index in [1.54, 1.807) is 11.3 Å². The Morgan fingerprint density at radius 1 is 1.41 bits per heavy atom. The first-order valence-electron chi connectivity index (χ1n) is 6.10. The lowest BCUT2D eigenvalue weighted by molar-refractivity contribution is 0.462. The molecule has 0 bridgehead atoms. The second-order valence-electron chi connectivity index (χ2n) is 4.34. The van der Waals surface area contributed by atoms with Gasteiger partial charge in [0.1, 0.15) is 0 Å². The van der Waals surface area contributed by atoms with Crippen molar-refractivity contribution in [3.8, 4) is 0 Å². The lowest BCUT2D eigenvalue weighted by Crippen LogP contribution is -2.37. The predicted octanol–water partition coefficient (Wildman–Crippen LogP) is 4.97. The molecule has 17 heavy (non-hydrogen) atoms. The summed E-state index contributed by atoms with van der Waals surface area (Å²) in [4.78, 5) is 1.32. The quantitative estimate of drug-likeness (QED) is 0.761. The molecule has 1 atom stereocenters. The summed E-state index contributed by atoms with van der Waals surface area (Å²) in [5.41, 5.74) is 0. The average Bonchev–Trinajstić information content (AvgIpc) is 2.78. The van der Waals surface area contributed by atoms with E-state index in [4.69, 9.17) is 11.6 Å². The molecule has 0 spiro atoms. The molecule has 0 aliphatic carbocycles. The van der Waals surface area contributed by atoms with Gasteiger partial charge in [-0.3, -0.25) is 0 Å². The van der Waals surface area contributed by atoms with Gasteiger partial charge in [-0.15, -0.1) is 11.3 Å². The van der Waals surface area contributed by atoms with Crippen LogP contribution >= 0.6 is 34.7 Å². The van der Waals surface area contributed by atoms with Gasteiger partial charge in [-0.1, -0.05) is 25.4 Å². The standard InChI is InChI=1S/C13H22ClNS2/c1-5-13(6-2,16-4)9-15-10(3)11-7-8-12(14)17-11/h7-8,10,15H,5-6,9H2,1-4H3. The second kappa shape index (κ2) is 7.03. The molecule has 1 rings (SSSR count). The summed E-state index contributed by atoms with van der Waals surface area (Å²) in [6, 6.07) is 4.47. The van der Waals surface area contributed by atoms with Gasteiger partial charge in [0, 0.05) is 22.2 Å². The van der Waals surface area contributed by atoms with Crippen LogP contribution in [0.4, 0.5) is 0 Å². The summed E-state index contributed by atoms with van der Waals surface area (Å²) in [6.07, 6.45) is 4.62. The summed E-state index contributed by atoms with van der Waals surface area (Å²) < 4.78 is 1.24. The summed E-state index contributed by atoms with van der Waals surface area (Å²) in [6.45, 7) is 7.80. The Bertz CT molecular complexity index is 326. The zero-order valence-electron chi connectivity index (χ0n) is 11.0. The van der Waals surface area contributed by atoms with Gasteiger partial charge in [-0.2, -0.15) is 11.8 Å². The minimum absolute atomic E-state index is 0.370. The van der Waals surface area contributed by atoms with E-state index < -0.39 is 0 Å². The predicted molar refractivity (Wildman–Crippen MR) is 82.6 cm³/mol. The molecule has 0 aliphatic rings. The molecule has 1 unspecified atom stereocenters. The van der Waals surface area contributed by atoms with E-state index in [-0.39, 0.29) is 0 Å². The number of halogens is 1. The van der Waals surface area contributed by atoms with Crippen LogP contribution in [0.3, 0.4) is 0 Å². The van der Waals surface area contributed by atoms with Gasteiger partial charge < -0.3 is 5.32 Å². The van der Waals surface area contributed by atoms with E-state index in [1.807, 2.05) is 17.8 Å². The molecule has 0 radical (unpaired) electrons. The maximum absolute atomic E-state index is 5.96. The molecule has 0 aromatic carbocycles. The fourth-order valence-electron chi connectivity index (χ4n) is 1.86. The summed E-state index contributed by atoms with van der Waals surface area (Å²) >= 11 is 9.60. The number of rotatable bonds is 7. The molecule has 1 aromatic rings. The van der Waals surface area contributed by atoms with Gasteiger partial charge in [0.05, 0.1) is 4.34 Å². The lowest BCUT2D eigenvalue weighted by Gasteiger charge is -2.31. The van der Waals surface area contributed by atoms with E-state index in [2.05, 4.69) is 38.4 Å². The molecule has 1 aromatic heterocycles. The Balaban J connectivity index is 2.55. The fraction of sp³-hybridized carbons (Fsp3) is 0.692. The monoisotopic (exact) mass is 291 g/mol. The number of thioether (sulfide) groups is 1. The van der Waals surface area contributed by atoms with Crippen molar-refractivity contribution in [2.75, 3.05) is 12.8 Å². The van der Waals surface area contributed by atoms with E-state index in [0.29, 0.717) is 10.8 Å². The maximum Gasteiger partial charge on any atom is 0.0931 e. The molecule has 0 fully saturated rings. The van der Waals surface area contributed by atoms with E-state index in [9.17, 15) is 0 Å². The van der Waals surface area contributed by atoms with Gasteiger partial charge in [-0.25, -0.2) is 0 Å². The molecule has 4 heteroatoms. The minimum atomic E-state index is 0.370. The first kappa shape index (κ1) is 15.4. The van der Waals surface area contributed by atoms with E-state index in [1.165, 1.54) is 17.7 Å². The van der Waals surface area contributed by atoms with Crippen LogP contribution < -0.4 is 5.32 Å². The van der Waals surface area contributed by atoms with Crippen molar-refractivity contribution in [2.24, 2.45) is 0 Å². The highest BCUT2D eigenvalue weighted by atomic mass is 35.5. The summed E-state index contributed by atoms with van der Waals surface area (Å²) in [5, 5.41) is 3.64. The van der Waals surface area contributed by atoms with Crippen LogP contribution in [0.15, 0.2) is 12.1 Å². The van der Waals surface area contributed by atoms with Crippen LogP contribution in [0.5, 0.6) is 0 Å². The molecule has 0 aliphatic heterocycles. The Morgan fingerprint density at radius 3 is 2.47 bits per heavy atom. The van der Waals surface area contributed by atoms with Gasteiger partial charge in [0.15, 0.2) is 0 Å². The van der Waals surface area contributed by atoms with Crippen molar-refractivity contribution in [1.82, 2.24) is 5.32 Å². The highest BCUT2D eigenvalue weighted by molar-refractivity contribution is 8.00. The first-order chi connectivity index (χ1) is 8.06. The molecule has 1 N–H and O–H groups in total. The molecular formula is C13H22ClNS2. The lowest BCUT2D eigenvalue weighted by atomic mass is 10.0. The van der Waals surface area contributed by atoms with Crippen LogP contribution in [0.1, 0.15) is 44.5 Å².